The van der Waals surface area contributed by atoms with Crippen molar-refractivity contribution in [3.05, 3.63) is 40.6 Å². The lowest BCUT2D eigenvalue weighted by Crippen LogP contribution is -2.40. The SMILES string of the molecule is CC(C)(C)c1ncc(NC(=O)NC[C@@](C)(O)c2ccsc2)cn1. The van der Waals surface area contributed by atoms with Crippen molar-refractivity contribution in [2.24, 2.45) is 0 Å². The number of amides is 2. The molecule has 23 heavy (non-hydrogen) atoms. The number of anilines is 1. The van der Waals surface area contributed by atoms with E-state index < -0.39 is 11.6 Å². The highest BCUT2D eigenvalue weighted by molar-refractivity contribution is 7.08. The van der Waals surface area contributed by atoms with Gasteiger partial charge in [0.05, 0.1) is 24.6 Å². The third kappa shape index (κ3) is 4.74. The average molecular weight is 334 g/mol. The Morgan fingerprint density at radius 1 is 1.26 bits per heavy atom. The zero-order valence-corrected chi connectivity index (χ0v) is 14.6. The largest absolute Gasteiger partial charge is 0.384 e. The van der Waals surface area contributed by atoms with Crippen LogP contribution in [0.15, 0.2) is 29.2 Å². The van der Waals surface area contributed by atoms with E-state index in [-0.39, 0.29) is 12.0 Å². The van der Waals surface area contributed by atoms with Crippen molar-refractivity contribution in [1.29, 1.82) is 0 Å². The van der Waals surface area contributed by atoms with E-state index >= 15 is 0 Å². The van der Waals surface area contributed by atoms with Crippen molar-refractivity contribution in [3.63, 3.8) is 0 Å². The molecule has 2 rings (SSSR count). The summed E-state index contributed by atoms with van der Waals surface area (Å²) in [6.07, 6.45) is 3.15. The van der Waals surface area contributed by atoms with Gasteiger partial charge in [-0.25, -0.2) is 14.8 Å². The van der Waals surface area contributed by atoms with Crippen LogP contribution in [0.1, 0.15) is 39.1 Å². The van der Waals surface area contributed by atoms with Gasteiger partial charge in [0.1, 0.15) is 11.4 Å². The number of thiophene rings is 1. The molecule has 0 saturated heterocycles. The molecule has 3 N–H and O–H groups in total. The molecule has 0 spiro atoms. The van der Waals surface area contributed by atoms with Crippen LogP contribution in [-0.2, 0) is 11.0 Å². The molecular formula is C16H22N4O2S. The Kier molecular flexibility index (Phi) is 5.01. The predicted molar refractivity (Wildman–Crippen MR) is 91.6 cm³/mol. The fourth-order valence-electron chi connectivity index (χ4n) is 1.88. The predicted octanol–water partition coefficient (Wildman–Crippen LogP) is 2.86. The van der Waals surface area contributed by atoms with E-state index in [0.29, 0.717) is 11.5 Å². The zero-order valence-electron chi connectivity index (χ0n) is 13.8. The number of urea groups is 1. The standard InChI is InChI=1S/C16H22N4O2S/c1-15(2,3)13-17-7-12(8-18-13)20-14(21)19-10-16(4,22)11-5-6-23-9-11/h5-9,22H,10H2,1-4H3,(H2,19,20,21)/t16-/m1/s1. The molecule has 0 bridgehead atoms. The van der Waals surface area contributed by atoms with Crippen LogP contribution in [0.2, 0.25) is 0 Å². The summed E-state index contributed by atoms with van der Waals surface area (Å²) in [5.74, 6) is 0.712. The summed E-state index contributed by atoms with van der Waals surface area (Å²) in [6.45, 7) is 7.84. The van der Waals surface area contributed by atoms with Crippen LogP contribution in [0, 0.1) is 0 Å². The zero-order chi connectivity index (χ0) is 17.1. The summed E-state index contributed by atoms with van der Waals surface area (Å²) < 4.78 is 0. The molecule has 124 valence electrons. The van der Waals surface area contributed by atoms with Gasteiger partial charge in [-0.1, -0.05) is 20.8 Å². The number of nitrogens with zero attached hydrogens (tertiary/aromatic N) is 2. The van der Waals surface area contributed by atoms with Crippen LogP contribution < -0.4 is 10.6 Å². The minimum atomic E-state index is -1.11. The van der Waals surface area contributed by atoms with Crippen LogP contribution in [0.4, 0.5) is 10.5 Å². The van der Waals surface area contributed by atoms with Gasteiger partial charge < -0.3 is 15.7 Å². The van der Waals surface area contributed by atoms with Crippen LogP contribution >= 0.6 is 11.3 Å². The molecule has 7 heteroatoms. The minimum absolute atomic E-state index is 0.108. The van der Waals surface area contributed by atoms with E-state index in [9.17, 15) is 9.90 Å². The van der Waals surface area contributed by atoms with Crippen LogP contribution in [0.5, 0.6) is 0 Å². The monoisotopic (exact) mass is 334 g/mol. The Labute approximate surface area is 140 Å². The Hall–Kier alpha value is -1.99. The fraction of sp³-hybridized carbons (Fsp3) is 0.438. The highest BCUT2D eigenvalue weighted by Crippen LogP contribution is 2.22. The molecule has 0 aliphatic carbocycles. The van der Waals surface area contributed by atoms with Gasteiger partial charge in [0.15, 0.2) is 0 Å². The third-order valence-corrected chi connectivity index (χ3v) is 4.00. The van der Waals surface area contributed by atoms with E-state index in [0.717, 1.165) is 5.56 Å². The molecule has 1 atom stereocenters. The van der Waals surface area contributed by atoms with Gasteiger partial charge in [0, 0.05) is 5.41 Å². The molecule has 6 nitrogen and oxygen atoms in total. The van der Waals surface area contributed by atoms with Gasteiger partial charge in [-0.05, 0) is 29.3 Å². The molecule has 0 aliphatic rings. The molecule has 2 amide bonds. The fourth-order valence-corrected chi connectivity index (χ4v) is 2.66. The van der Waals surface area contributed by atoms with Crippen molar-refractivity contribution >= 4 is 23.1 Å². The second-order valence-electron chi connectivity index (χ2n) is 6.64. The Morgan fingerprint density at radius 3 is 2.43 bits per heavy atom. The van der Waals surface area contributed by atoms with E-state index in [1.807, 2.05) is 37.6 Å². The Morgan fingerprint density at radius 2 is 1.91 bits per heavy atom. The number of aliphatic hydroxyl groups is 1. The summed E-state index contributed by atoms with van der Waals surface area (Å²) in [4.78, 5) is 20.4. The molecule has 2 heterocycles. The minimum Gasteiger partial charge on any atom is -0.384 e. The maximum Gasteiger partial charge on any atom is 0.319 e. The molecular weight excluding hydrogens is 312 g/mol. The first-order chi connectivity index (χ1) is 10.7. The van der Waals surface area contributed by atoms with E-state index in [4.69, 9.17) is 0 Å². The van der Waals surface area contributed by atoms with Crippen LogP contribution in [-0.4, -0.2) is 27.7 Å². The van der Waals surface area contributed by atoms with Crippen molar-refractivity contribution in [3.8, 4) is 0 Å². The molecule has 0 saturated carbocycles. The van der Waals surface area contributed by atoms with Gasteiger partial charge >= 0.3 is 6.03 Å². The summed E-state index contributed by atoms with van der Waals surface area (Å²) >= 11 is 1.50. The molecule has 2 aromatic heterocycles. The summed E-state index contributed by atoms with van der Waals surface area (Å²) in [5, 5.41) is 19.4. The summed E-state index contributed by atoms with van der Waals surface area (Å²) in [6, 6.07) is 1.43. The van der Waals surface area contributed by atoms with E-state index in [1.54, 1.807) is 19.3 Å². The van der Waals surface area contributed by atoms with Crippen molar-refractivity contribution in [1.82, 2.24) is 15.3 Å². The number of aromatic nitrogens is 2. The van der Waals surface area contributed by atoms with Gasteiger partial charge in [0.25, 0.3) is 0 Å². The Bertz CT molecular complexity index is 646. The number of hydrogen-bond donors (Lipinski definition) is 3. The highest BCUT2D eigenvalue weighted by atomic mass is 32.1. The lowest BCUT2D eigenvalue weighted by Gasteiger charge is -2.23. The number of carbonyl (C=O) groups is 1. The molecule has 0 aromatic carbocycles. The Balaban J connectivity index is 1.90. The van der Waals surface area contributed by atoms with Gasteiger partial charge in [-0.2, -0.15) is 11.3 Å². The first-order valence-electron chi connectivity index (χ1n) is 7.31. The van der Waals surface area contributed by atoms with Crippen LogP contribution in [0.25, 0.3) is 0 Å². The van der Waals surface area contributed by atoms with Gasteiger partial charge in [-0.15, -0.1) is 0 Å². The second-order valence-corrected chi connectivity index (χ2v) is 7.42. The van der Waals surface area contributed by atoms with Crippen molar-refractivity contribution in [2.45, 2.75) is 38.7 Å². The van der Waals surface area contributed by atoms with E-state index in [2.05, 4.69) is 20.6 Å². The maximum absolute atomic E-state index is 11.9. The molecule has 0 aliphatic heterocycles. The lowest BCUT2D eigenvalue weighted by molar-refractivity contribution is 0.0604. The topological polar surface area (TPSA) is 87.1 Å². The normalized spacial score (nSPS) is 14.1. The highest BCUT2D eigenvalue weighted by Gasteiger charge is 2.24. The first-order valence-corrected chi connectivity index (χ1v) is 8.25. The first kappa shape index (κ1) is 17.4. The summed E-state index contributed by atoms with van der Waals surface area (Å²) in [5.41, 5.74) is 0.0376. The lowest BCUT2D eigenvalue weighted by atomic mass is 9.96. The second kappa shape index (κ2) is 6.64. The number of rotatable bonds is 4. The smallest absolute Gasteiger partial charge is 0.319 e. The third-order valence-electron chi connectivity index (χ3n) is 3.32. The molecule has 0 fully saturated rings. The number of hydrogen-bond acceptors (Lipinski definition) is 5. The molecule has 0 radical (unpaired) electrons. The molecule has 2 aromatic rings. The number of carbonyl (C=O) groups excluding carboxylic acids is 1. The molecule has 0 unspecified atom stereocenters. The average Bonchev–Trinajstić information content (AvgIpc) is 3.00. The summed E-state index contributed by atoms with van der Waals surface area (Å²) in [7, 11) is 0. The van der Waals surface area contributed by atoms with Crippen LogP contribution in [0.3, 0.4) is 0 Å². The van der Waals surface area contributed by atoms with E-state index in [1.165, 1.54) is 11.3 Å². The maximum atomic E-state index is 11.9. The van der Waals surface area contributed by atoms with Gasteiger partial charge in [0.2, 0.25) is 0 Å². The quantitative estimate of drug-likeness (QED) is 0.802. The van der Waals surface area contributed by atoms with Crippen molar-refractivity contribution < 1.29 is 9.90 Å². The van der Waals surface area contributed by atoms with Crippen molar-refractivity contribution in [2.75, 3.05) is 11.9 Å². The van der Waals surface area contributed by atoms with Gasteiger partial charge in [-0.3, -0.25) is 0 Å². The number of nitrogens with one attached hydrogen (secondary N) is 2.